The number of halogens is 3. The van der Waals surface area contributed by atoms with Crippen molar-refractivity contribution < 1.29 is 27.5 Å². The fourth-order valence-corrected chi connectivity index (χ4v) is 3.75. The highest BCUT2D eigenvalue weighted by atomic mass is 32.1. The Morgan fingerprint density at radius 3 is 2.42 bits per heavy atom. The minimum Gasteiger partial charge on any atom is -0.496 e. The van der Waals surface area contributed by atoms with Crippen LogP contribution in [-0.4, -0.2) is 37.1 Å². The number of nitrogens with zero attached hydrogens (tertiary/aromatic N) is 2. The third kappa shape index (κ3) is 5.00. The zero-order valence-corrected chi connectivity index (χ0v) is 19.0. The first-order valence-electron chi connectivity index (χ1n) is 10.1. The Kier molecular flexibility index (Phi) is 7.06. The van der Waals surface area contributed by atoms with Crippen LogP contribution in [-0.2, 0) is 15.8 Å². The third-order valence-corrected chi connectivity index (χ3v) is 5.46. The highest BCUT2D eigenvalue weighted by Crippen LogP contribution is 2.33. The lowest BCUT2D eigenvalue weighted by molar-refractivity contribution is -0.137. The molecular weight excluding hydrogens is 455 g/mol. The molecule has 2 aromatic rings. The number of rotatable bonds is 6. The van der Waals surface area contributed by atoms with E-state index in [2.05, 4.69) is 10.2 Å². The second-order valence-electron chi connectivity index (χ2n) is 7.10. The highest BCUT2D eigenvalue weighted by Gasteiger charge is 2.36. The van der Waals surface area contributed by atoms with Crippen molar-refractivity contribution in [1.29, 1.82) is 0 Å². The second kappa shape index (κ2) is 9.62. The van der Waals surface area contributed by atoms with Crippen LogP contribution < -0.4 is 19.9 Å². The van der Waals surface area contributed by atoms with E-state index in [1.54, 1.807) is 12.1 Å². The van der Waals surface area contributed by atoms with Gasteiger partial charge < -0.3 is 9.64 Å². The number of anilines is 2. The topological polar surface area (TPSA) is 61.9 Å². The molecular formula is C23H22F3N3O3S. The average molecular weight is 478 g/mol. The first-order valence-corrected chi connectivity index (χ1v) is 10.5. The molecule has 1 saturated heterocycles. The van der Waals surface area contributed by atoms with Gasteiger partial charge in [-0.25, -0.2) is 0 Å². The lowest BCUT2D eigenvalue weighted by atomic mass is 10.0. The molecule has 0 unspecified atom stereocenters. The predicted molar refractivity (Wildman–Crippen MR) is 124 cm³/mol. The molecule has 0 spiro atoms. The van der Waals surface area contributed by atoms with Crippen LogP contribution in [0.3, 0.4) is 0 Å². The van der Waals surface area contributed by atoms with Gasteiger partial charge in [-0.2, -0.15) is 13.2 Å². The van der Waals surface area contributed by atoms with Crippen LogP contribution in [0.4, 0.5) is 24.5 Å². The van der Waals surface area contributed by atoms with Gasteiger partial charge in [0, 0.05) is 30.4 Å². The van der Waals surface area contributed by atoms with E-state index in [4.69, 9.17) is 17.0 Å². The Hall–Kier alpha value is -3.40. The summed E-state index contributed by atoms with van der Waals surface area (Å²) in [4.78, 5) is 28.7. The van der Waals surface area contributed by atoms with Crippen molar-refractivity contribution in [2.24, 2.45) is 0 Å². The van der Waals surface area contributed by atoms with E-state index in [0.717, 1.165) is 35.8 Å². The molecule has 1 heterocycles. The van der Waals surface area contributed by atoms with E-state index in [1.807, 2.05) is 19.9 Å². The van der Waals surface area contributed by atoms with E-state index in [9.17, 15) is 22.8 Å². The number of carbonyl (C=O) groups excluding carboxylic acids is 2. The Bertz CT molecular complexity index is 1130. The van der Waals surface area contributed by atoms with Gasteiger partial charge in [0.05, 0.1) is 18.4 Å². The predicted octanol–water partition coefficient (Wildman–Crippen LogP) is 4.39. The van der Waals surface area contributed by atoms with E-state index in [0.29, 0.717) is 11.3 Å². The van der Waals surface area contributed by atoms with Crippen molar-refractivity contribution in [3.05, 3.63) is 59.2 Å². The van der Waals surface area contributed by atoms with Crippen molar-refractivity contribution in [1.82, 2.24) is 5.32 Å². The Balaban J connectivity index is 2.03. The number of alkyl halides is 3. The van der Waals surface area contributed by atoms with Crippen molar-refractivity contribution in [3.63, 3.8) is 0 Å². The fourth-order valence-electron chi connectivity index (χ4n) is 3.47. The van der Waals surface area contributed by atoms with Crippen LogP contribution in [0.25, 0.3) is 6.08 Å². The summed E-state index contributed by atoms with van der Waals surface area (Å²) >= 11 is 5.07. The minimum atomic E-state index is -4.60. The van der Waals surface area contributed by atoms with Crippen LogP contribution >= 0.6 is 12.2 Å². The van der Waals surface area contributed by atoms with Gasteiger partial charge in [0.2, 0.25) is 0 Å². The monoisotopic (exact) mass is 477 g/mol. The molecule has 1 aliphatic heterocycles. The number of carbonyl (C=O) groups is 2. The van der Waals surface area contributed by atoms with Crippen LogP contribution in [0, 0.1) is 0 Å². The largest absolute Gasteiger partial charge is 0.496 e. The molecule has 2 amide bonds. The van der Waals surface area contributed by atoms with Gasteiger partial charge in [-0.1, -0.05) is 6.07 Å². The van der Waals surface area contributed by atoms with E-state index < -0.39 is 23.6 Å². The second-order valence-corrected chi connectivity index (χ2v) is 7.49. The molecule has 1 fully saturated rings. The summed E-state index contributed by atoms with van der Waals surface area (Å²) in [6, 6.07) is 9.51. The number of nitrogens with one attached hydrogen (secondary N) is 1. The summed E-state index contributed by atoms with van der Waals surface area (Å²) in [5, 5.41) is 2.07. The van der Waals surface area contributed by atoms with Crippen molar-refractivity contribution >= 4 is 46.6 Å². The molecule has 1 N–H and O–H groups in total. The first-order chi connectivity index (χ1) is 15.6. The molecule has 0 aromatic heterocycles. The molecule has 10 heteroatoms. The summed E-state index contributed by atoms with van der Waals surface area (Å²) in [5.74, 6) is -1.15. The van der Waals surface area contributed by atoms with Gasteiger partial charge in [-0.3, -0.25) is 19.8 Å². The number of amides is 2. The summed E-state index contributed by atoms with van der Waals surface area (Å²) in [6.07, 6.45) is -3.26. The number of thiocarbonyl (C=S) groups is 1. The number of ether oxygens (including phenoxy) is 1. The molecule has 6 nitrogen and oxygen atoms in total. The maximum Gasteiger partial charge on any atom is 0.416 e. The van der Waals surface area contributed by atoms with Crippen LogP contribution in [0.2, 0.25) is 0 Å². The van der Waals surface area contributed by atoms with Crippen LogP contribution in [0.5, 0.6) is 5.75 Å². The number of hydrogen-bond acceptors (Lipinski definition) is 5. The maximum atomic E-state index is 13.2. The number of benzene rings is 2. The molecule has 0 bridgehead atoms. The first kappa shape index (κ1) is 24.2. The average Bonchev–Trinajstić information content (AvgIpc) is 2.77. The standard InChI is InChI=1S/C23H22F3N3O3S/c1-4-28(5-2)16-10-9-14(19(13-16)32-3)11-18-20(30)27-22(33)29(21(18)31)17-8-6-7-15(12-17)23(24,25)26/h6-13H,4-5H2,1-3H3,(H,27,30,33)/b18-11+. The van der Waals surface area contributed by atoms with Gasteiger partial charge in [-0.05, 0) is 62.5 Å². The zero-order valence-electron chi connectivity index (χ0n) is 18.2. The lowest BCUT2D eigenvalue weighted by Gasteiger charge is -2.29. The van der Waals surface area contributed by atoms with Gasteiger partial charge in [0.15, 0.2) is 5.11 Å². The zero-order chi connectivity index (χ0) is 24.3. The summed E-state index contributed by atoms with van der Waals surface area (Å²) in [6.45, 7) is 5.60. The quantitative estimate of drug-likeness (QED) is 0.380. The van der Waals surface area contributed by atoms with Crippen molar-refractivity contribution in [2.75, 3.05) is 30.0 Å². The van der Waals surface area contributed by atoms with Gasteiger partial charge in [0.1, 0.15) is 11.3 Å². The lowest BCUT2D eigenvalue weighted by Crippen LogP contribution is -2.54. The van der Waals surface area contributed by atoms with Gasteiger partial charge >= 0.3 is 6.18 Å². The maximum absolute atomic E-state index is 13.2. The Labute approximate surface area is 194 Å². The molecule has 174 valence electrons. The molecule has 33 heavy (non-hydrogen) atoms. The van der Waals surface area contributed by atoms with Crippen LogP contribution in [0.1, 0.15) is 25.0 Å². The molecule has 1 aliphatic rings. The molecule has 0 radical (unpaired) electrons. The summed E-state index contributed by atoms with van der Waals surface area (Å²) in [7, 11) is 1.47. The van der Waals surface area contributed by atoms with Crippen molar-refractivity contribution in [3.8, 4) is 5.75 Å². The molecule has 3 rings (SSSR count). The van der Waals surface area contributed by atoms with E-state index >= 15 is 0 Å². The Morgan fingerprint density at radius 1 is 1.12 bits per heavy atom. The van der Waals surface area contributed by atoms with Crippen molar-refractivity contribution in [2.45, 2.75) is 20.0 Å². The third-order valence-electron chi connectivity index (χ3n) is 5.18. The minimum absolute atomic E-state index is 0.102. The molecule has 0 atom stereocenters. The summed E-state index contributed by atoms with van der Waals surface area (Å²) in [5.41, 5.74) is 0.0464. The Morgan fingerprint density at radius 2 is 1.82 bits per heavy atom. The van der Waals surface area contributed by atoms with E-state index in [-0.39, 0.29) is 16.4 Å². The van der Waals surface area contributed by atoms with E-state index in [1.165, 1.54) is 25.3 Å². The number of hydrogen-bond donors (Lipinski definition) is 1. The summed E-state index contributed by atoms with van der Waals surface area (Å²) < 4.78 is 44.9. The van der Waals surface area contributed by atoms with Gasteiger partial charge in [0.25, 0.3) is 11.8 Å². The van der Waals surface area contributed by atoms with Gasteiger partial charge in [-0.15, -0.1) is 0 Å². The number of methoxy groups -OCH3 is 1. The smallest absolute Gasteiger partial charge is 0.416 e. The molecule has 2 aromatic carbocycles. The highest BCUT2D eigenvalue weighted by molar-refractivity contribution is 7.80. The molecule has 0 saturated carbocycles. The van der Waals surface area contributed by atoms with Crippen LogP contribution in [0.15, 0.2) is 48.0 Å². The SMILES string of the molecule is CCN(CC)c1ccc(/C=C2\C(=O)NC(=S)N(c3cccc(C(F)(F)F)c3)C2=O)c(OC)c1. The fraction of sp³-hybridized carbons (Fsp3) is 0.261. The molecule has 0 aliphatic carbocycles. The normalized spacial score (nSPS) is 15.6.